The molecule has 38 heavy (non-hydrogen) atoms. The lowest BCUT2D eigenvalue weighted by atomic mass is 9.99. The molecule has 1 saturated heterocycles. The van der Waals surface area contributed by atoms with E-state index in [-0.39, 0.29) is 24.0 Å². The Morgan fingerprint density at radius 3 is 2.53 bits per heavy atom. The third-order valence-electron chi connectivity index (χ3n) is 6.65. The van der Waals surface area contributed by atoms with Gasteiger partial charge in [-0.15, -0.1) is 0 Å². The second kappa shape index (κ2) is 10.2. The number of anilines is 2. The minimum atomic E-state index is -0.593. The van der Waals surface area contributed by atoms with Crippen molar-refractivity contribution in [3.05, 3.63) is 99.6 Å². The molecule has 0 aromatic heterocycles. The summed E-state index contributed by atoms with van der Waals surface area (Å²) in [6, 6.07) is 20.2. The number of nitro benzene ring substituents is 1. The van der Waals surface area contributed by atoms with Gasteiger partial charge in [0.2, 0.25) is 5.91 Å². The van der Waals surface area contributed by atoms with Crippen LogP contribution in [0, 0.1) is 10.1 Å². The molecule has 2 aliphatic heterocycles. The maximum absolute atomic E-state index is 13.1. The van der Waals surface area contributed by atoms with Gasteiger partial charge in [-0.1, -0.05) is 42.5 Å². The number of rotatable bonds is 7. The van der Waals surface area contributed by atoms with Crippen molar-refractivity contribution >= 4 is 46.1 Å². The highest BCUT2D eigenvalue weighted by molar-refractivity contribution is 6.37. The van der Waals surface area contributed by atoms with E-state index in [0.717, 1.165) is 11.1 Å². The van der Waals surface area contributed by atoms with E-state index in [1.807, 2.05) is 54.6 Å². The van der Waals surface area contributed by atoms with Crippen LogP contribution in [-0.4, -0.2) is 40.8 Å². The van der Waals surface area contributed by atoms with Crippen molar-refractivity contribution < 1.29 is 24.0 Å². The summed E-state index contributed by atoms with van der Waals surface area (Å²) in [6.07, 6.45) is 0.732. The Hall–Kier alpha value is -4.99. The second-order valence-electron chi connectivity index (χ2n) is 8.98. The van der Waals surface area contributed by atoms with Crippen LogP contribution in [0.2, 0.25) is 0 Å². The van der Waals surface area contributed by atoms with Crippen molar-refractivity contribution in [2.45, 2.75) is 25.4 Å². The van der Waals surface area contributed by atoms with E-state index < -0.39 is 16.9 Å². The van der Waals surface area contributed by atoms with Crippen LogP contribution < -0.4 is 10.6 Å². The third kappa shape index (κ3) is 4.71. The molecule has 0 spiro atoms. The van der Waals surface area contributed by atoms with Crippen LogP contribution in [0.15, 0.2) is 72.8 Å². The monoisotopic (exact) mass is 512 g/mol. The summed E-state index contributed by atoms with van der Waals surface area (Å²) in [5.41, 5.74) is 3.83. The van der Waals surface area contributed by atoms with Crippen LogP contribution in [0.4, 0.5) is 17.1 Å². The fourth-order valence-corrected chi connectivity index (χ4v) is 4.75. The second-order valence-corrected chi connectivity index (χ2v) is 8.98. The SMILES string of the molecule is COC(=O)C1CCC(=O)N1Cc1ccc(NC(=C2C(=O)Nc3ccc([N+](=O)[O-])cc32)c2ccccc2)cc1. The summed E-state index contributed by atoms with van der Waals surface area (Å²) in [5, 5.41) is 17.5. The molecular formula is C28H24N4O6. The van der Waals surface area contributed by atoms with Crippen molar-refractivity contribution in [2.75, 3.05) is 17.7 Å². The van der Waals surface area contributed by atoms with Gasteiger partial charge in [0.1, 0.15) is 6.04 Å². The first-order valence-corrected chi connectivity index (χ1v) is 12.0. The summed E-state index contributed by atoms with van der Waals surface area (Å²) in [4.78, 5) is 49.9. The van der Waals surface area contributed by atoms with Crippen LogP contribution in [0.25, 0.3) is 11.3 Å². The highest BCUT2D eigenvalue weighted by atomic mass is 16.6. The van der Waals surface area contributed by atoms with Crippen molar-refractivity contribution in [3.8, 4) is 0 Å². The first kappa shape index (κ1) is 24.7. The fraction of sp³-hybridized carbons (Fsp3) is 0.179. The minimum absolute atomic E-state index is 0.0984. The standard InChI is InChI=1S/C28H24N4O6/c1-38-28(35)23-13-14-24(33)31(23)16-17-7-9-19(10-8-17)29-26(18-5-3-2-4-6-18)25-21-15-20(32(36)37)11-12-22(21)30-27(25)34/h2-12,15,23,29H,13-14,16H2,1H3,(H,30,34). The predicted molar refractivity (Wildman–Crippen MR) is 141 cm³/mol. The first-order valence-electron chi connectivity index (χ1n) is 12.0. The van der Waals surface area contributed by atoms with Gasteiger partial charge < -0.3 is 20.3 Å². The Labute approximate surface area is 218 Å². The van der Waals surface area contributed by atoms with Gasteiger partial charge >= 0.3 is 5.97 Å². The van der Waals surface area contributed by atoms with Crippen LogP contribution in [-0.2, 0) is 25.7 Å². The van der Waals surface area contributed by atoms with E-state index in [9.17, 15) is 24.5 Å². The molecule has 1 unspecified atom stereocenters. The molecule has 10 heteroatoms. The third-order valence-corrected chi connectivity index (χ3v) is 6.65. The fourth-order valence-electron chi connectivity index (χ4n) is 4.75. The van der Waals surface area contributed by atoms with E-state index in [1.165, 1.54) is 30.2 Å². The number of esters is 1. The number of carbonyl (C=O) groups is 3. The lowest BCUT2D eigenvalue weighted by molar-refractivity contribution is -0.384. The van der Waals surface area contributed by atoms with Crippen molar-refractivity contribution in [1.29, 1.82) is 0 Å². The Kier molecular flexibility index (Phi) is 6.61. The molecule has 3 aromatic rings. The lowest BCUT2D eigenvalue weighted by Gasteiger charge is -2.23. The minimum Gasteiger partial charge on any atom is -0.467 e. The summed E-state index contributed by atoms with van der Waals surface area (Å²) in [6.45, 7) is 0.269. The smallest absolute Gasteiger partial charge is 0.328 e. The molecular weight excluding hydrogens is 488 g/mol. The molecule has 192 valence electrons. The Balaban J connectivity index is 1.47. The van der Waals surface area contributed by atoms with Crippen LogP contribution in [0.5, 0.6) is 0 Å². The van der Waals surface area contributed by atoms with Crippen LogP contribution in [0.1, 0.15) is 29.5 Å². The number of non-ortho nitro benzene ring substituents is 1. The maximum atomic E-state index is 13.1. The number of fused-ring (bicyclic) bond motifs is 1. The van der Waals surface area contributed by atoms with Crippen LogP contribution in [0.3, 0.4) is 0 Å². The molecule has 1 atom stereocenters. The molecule has 1 fully saturated rings. The van der Waals surface area contributed by atoms with E-state index >= 15 is 0 Å². The summed E-state index contributed by atoms with van der Waals surface area (Å²) in [5.74, 6) is -0.896. The molecule has 2 heterocycles. The van der Waals surface area contributed by atoms with Gasteiger partial charge in [0.05, 0.1) is 23.3 Å². The normalized spacial score (nSPS) is 17.6. The lowest BCUT2D eigenvalue weighted by Crippen LogP contribution is -2.38. The quantitative estimate of drug-likeness (QED) is 0.210. The van der Waals surface area contributed by atoms with Crippen LogP contribution >= 0.6 is 0 Å². The molecule has 0 bridgehead atoms. The Morgan fingerprint density at radius 1 is 1.11 bits per heavy atom. The van der Waals surface area contributed by atoms with E-state index in [2.05, 4.69) is 10.6 Å². The number of ether oxygens (including phenoxy) is 1. The van der Waals surface area contributed by atoms with Gasteiger partial charge in [0.15, 0.2) is 0 Å². The molecule has 0 saturated carbocycles. The number of hydrogen-bond acceptors (Lipinski definition) is 7. The van der Waals surface area contributed by atoms with Crippen molar-refractivity contribution in [3.63, 3.8) is 0 Å². The topological polar surface area (TPSA) is 131 Å². The summed E-state index contributed by atoms with van der Waals surface area (Å²) < 4.78 is 4.84. The number of nitrogens with one attached hydrogen (secondary N) is 2. The molecule has 2 aliphatic rings. The zero-order chi connectivity index (χ0) is 26.8. The number of benzene rings is 3. The molecule has 2 amide bonds. The highest BCUT2D eigenvalue weighted by Gasteiger charge is 2.36. The summed E-state index contributed by atoms with van der Waals surface area (Å²) in [7, 11) is 1.31. The average molecular weight is 513 g/mol. The first-order chi connectivity index (χ1) is 18.4. The molecule has 5 rings (SSSR count). The van der Waals surface area contributed by atoms with Gasteiger partial charge in [0, 0.05) is 42.0 Å². The summed E-state index contributed by atoms with van der Waals surface area (Å²) >= 11 is 0. The number of nitrogens with zero attached hydrogens (tertiary/aromatic N) is 2. The van der Waals surface area contributed by atoms with Gasteiger partial charge in [-0.05, 0) is 35.7 Å². The largest absolute Gasteiger partial charge is 0.467 e. The molecule has 10 nitrogen and oxygen atoms in total. The zero-order valence-corrected chi connectivity index (χ0v) is 20.5. The zero-order valence-electron chi connectivity index (χ0n) is 20.5. The van der Waals surface area contributed by atoms with Gasteiger partial charge in [-0.2, -0.15) is 0 Å². The average Bonchev–Trinajstić information content (AvgIpc) is 3.46. The maximum Gasteiger partial charge on any atom is 0.328 e. The Bertz CT molecular complexity index is 1470. The highest BCUT2D eigenvalue weighted by Crippen LogP contribution is 2.39. The number of amides is 2. The molecule has 0 radical (unpaired) electrons. The van der Waals surface area contributed by atoms with Crippen molar-refractivity contribution in [2.24, 2.45) is 0 Å². The number of methoxy groups -OCH3 is 1. The van der Waals surface area contributed by atoms with Crippen molar-refractivity contribution in [1.82, 2.24) is 4.90 Å². The predicted octanol–water partition coefficient (Wildman–Crippen LogP) is 4.19. The number of nitro groups is 1. The molecule has 0 aliphatic carbocycles. The Morgan fingerprint density at radius 2 is 1.84 bits per heavy atom. The van der Waals surface area contributed by atoms with Gasteiger partial charge in [-0.3, -0.25) is 19.7 Å². The van der Waals surface area contributed by atoms with Gasteiger partial charge in [-0.25, -0.2) is 4.79 Å². The van der Waals surface area contributed by atoms with E-state index in [1.54, 1.807) is 0 Å². The number of likely N-dealkylation sites (tertiary alicyclic amines) is 1. The van der Waals surface area contributed by atoms with E-state index in [0.29, 0.717) is 41.1 Å². The molecule has 2 N–H and O–H groups in total. The number of carbonyl (C=O) groups excluding carboxylic acids is 3. The molecule has 3 aromatic carbocycles. The van der Waals surface area contributed by atoms with E-state index in [4.69, 9.17) is 4.74 Å². The number of hydrogen-bond donors (Lipinski definition) is 2. The van der Waals surface area contributed by atoms with Gasteiger partial charge in [0.25, 0.3) is 11.6 Å².